The number of hydrogen-bond donors (Lipinski definition) is 1. The van der Waals surface area contributed by atoms with Gasteiger partial charge in [-0.05, 0) is 49.5 Å². The van der Waals surface area contributed by atoms with Crippen molar-refractivity contribution in [1.82, 2.24) is 19.8 Å². The Labute approximate surface area is 209 Å². The number of benzene rings is 2. The summed E-state index contributed by atoms with van der Waals surface area (Å²) in [5.74, 6) is 1.05. The molecule has 0 unspecified atom stereocenters. The highest BCUT2D eigenvalue weighted by Gasteiger charge is 2.17. The van der Waals surface area contributed by atoms with Gasteiger partial charge in [0.2, 0.25) is 11.8 Å². The van der Waals surface area contributed by atoms with E-state index in [1.807, 2.05) is 65.6 Å². The minimum atomic E-state index is -0.0714. The molecule has 2 aromatic carbocycles. The van der Waals surface area contributed by atoms with Crippen molar-refractivity contribution in [3.8, 4) is 0 Å². The van der Waals surface area contributed by atoms with Crippen molar-refractivity contribution in [2.24, 2.45) is 0 Å². The molecule has 0 saturated heterocycles. The summed E-state index contributed by atoms with van der Waals surface area (Å²) in [5, 5.41) is 2.95. The Morgan fingerprint density at radius 3 is 2.40 bits per heavy atom. The fourth-order valence-corrected chi connectivity index (χ4v) is 4.22. The molecule has 2 amide bonds. The van der Waals surface area contributed by atoms with E-state index in [9.17, 15) is 9.59 Å². The molecule has 3 rings (SSSR count). The second-order valence-corrected chi connectivity index (χ2v) is 8.83. The highest BCUT2D eigenvalue weighted by atomic mass is 16.2. The first-order valence-corrected chi connectivity index (χ1v) is 12.8. The molecular formula is C29H38N4O2. The summed E-state index contributed by atoms with van der Waals surface area (Å²) in [6, 6.07) is 17.8. The van der Waals surface area contributed by atoms with Gasteiger partial charge in [-0.15, -0.1) is 0 Å². The predicted octanol–water partition coefficient (Wildman–Crippen LogP) is 5.23. The summed E-state index contributed by atoms with van der Waals surface area (Å²) in [4.78, 5) is 31.9. The van der Waals surface area contributed by atoms with Gasteiger partial charge >= 0.3 is 0 Å². The van der Waals surface area contributed by atoms with E-state index in [0.29, 0.717) is 13.1 Å². The number of nitrogens with one attached hydrogen (secondary N) is 1. The van der Waals surface area contributed by atoms with E-state index >= 15 is 0 Å². The minimum Gasteiger partial charge on any atom is -0.353 e. The molecule has 186 valence electrons. The molecule has 3 aromatic rings. The maximum Gasteiger partial charge on any atom is 0.243 e. The number of aromatic nitrogens is 2. The first-order valence-electron chi connectivity index (χ1n) is 12.8. The maximum atomic E-state index is 13.0. The molecule has 35 heavy (non-hydrogen) atoms. The average Bonchev–Trinajstić information content (AvgIpc) is 3.22. The molecule has 1 aromatic heterocycles. The van der Waals surface area contributed by atoms with Crippen molar-refractivity contribution < 1.29 is 9.59 Å². The van der Waals surface area contributed by atoms with E-state index in [2.05, 4.69) is 23.7 Å². The molecule has 0 radical (unpaired) electrons. The number of para-hydroxylation sites is 2. The molecule has 0 saturated carbocycles. The molecule has 6 heteroatoms. The van der Waals surface area contributed by atoms with Crippen LogP contribution in [0.3, 0.4) is 0 Å². The number of amides is 2. The maximum absolute atomic E-state index is 13.0. The highest BCUT2D eigenvalue weighted by Crippen LogP contribution is 2.18. The lowest BCUT2D eigenvalue weighted by Crippen LogP contribution is -2.35. The molecule has 0 spiro atoms. The topological polar surface area (TPSA) is 67.2 Å². The lowest BCUT2D eigenvalue weighted by Gasteiger charge is -2.22. The molecule has 0 aliphatic rings. The van der Waals surface area contributed by atoms with Gasteiger partial charge in [0, 0.05) is 32.1 Å². The molecular weight excluding hydrogens is 436 g/mol. The van der Waals surface area contributed by atoms with Gasteiger partial charge < -0.3 is 14.8 Å². The van der Waals surface area contributed by atoms with E-state index in [1.165, 1.54) is 0 Å². The van der Waals surface area contributed by atoms with Gasteiger partial charge in [0.05, 0.1) is 11.0 Å². The van der Waals surface area contributed by atoms with Crippen molar-refractivity contribution >= 4 is 28.9 Å². The number of imidazole rings is 1. The van der Waals surface area contributed by atoms with E-state index < -0.39 is 0 Å². The zero-order chi connectivity index (χ0) is 24.9. The number of fused-ring (bicyclic) bond motifs is 1. The van der Waals surface area contributed by atoms with Crippen LogP contribution in [-0.2, 0) is 22.6 Å². The van der Waals surface area contributed by atoms with E-state index in [1.54, 1.807) is 6.08 Å². The summed E-state index contributed by atoms with van der Waals surface area (Å²) in [6.07, 6.45) is 8.98. The summed E-state index contributed by atoms with van der Waals surface area (Å²) < 4.78 is 2.09. The van der Waals surface area contributed by atoms with Crippen molar-refractivity contribution in [2.45, 2.75) is 58.9 Å². The fraction of sp³-hybridized carbons (Fsp3) is 0.414. The summed E-state index contributed by atoms with van der Waals surface area (Å²) in [5.41, 5.74) is 2.96. The third kappa shape index (κ3) is 8.09. The highest BCUT2D eigenvalue weighted by molar-refractivity contribution is 5.91. The Hall–Kier alpha value is -3.41. The molecule has 1 heterocycles. The standard InChI is InChI=1S/C29H38N4O2/c1-3-21-32(22-4-2)29(35)23-33-26-16-11-10-15-25(26)31-27(33)17-9-6-12-20-30-28(34)19-18-24-13-7-5-8-14-24/h5,7-8,10-11,13-16,18-19H,3-4,6,9,12,17,20-23H2,1-2H3,(H,30,34)/b19-18+. The second-order valence-electron chi connectivity index (χ2n) is 8.83. The van der Waals surface area contributed by atoms with Gasteiger partial charge in [-0.2, -0.15) is 0 Å². The van der Waals surface area contributed by atoms with Crippen molar-refractivity contribution in [3.63, 3.8) is 0 Å². The van der Waals surface area contributed by atoms with Crippen molar-refractivity contribution in [2.75, 3.05) is 19.6 Å². The molecule has 0 aliphatic heterocycles. The van der Waals surface area contributed by atoms with Crippen LogP contribution in [0.2, 0.25) is 0 Å². The Balaban J connectivity index is 1.50. The second kappa shape index (κ2) is 14.1. The van der Waals surface area contributed by atoms with Gasteiger partial charge in [-0.3, -0.25) is 9.59 Å². The van der Waals surface area contributed by atoms with Crippen molar-refractivity contribution in [3.05, 3.63) is 72.1 Å². The lowest BCUT2D eigenvalue weighted by atomic mass is 10.2. The van der Waals surface area contributed by atoms with Crippen LogP contribution in [0.15, 0.2) is 60.7 Å². The monoisotopic (exact) mass is 474 g/mol. The molecule has 6 nitrogen and oxygen atoms in total. The lowest BCUT2D eigenvalue weighted by molar-refractivity contribution is -0.131. The van der Waals surface area contributed by atoms with Gasteiger partial charge in [-0.1, -0.05) is 62.7 Å². The number of carbonyl (C=O) groups excluding carboxylic acids is 2. The minimum absolute atomic E-state index is 0.0714. The average molecular weight is 475 g/mol. The SMILES string of the molecule is CCCN(CCC)C(=O)Cn1c(CCCCCNC(=O)/C=C/c2ccccc2)nc2ccccc21. The van der Waals surface area contributed by atoms with Crippen LogP contribution >= 0.6 is 0 Å². The fourth-order valence-electron chi connectivity index (χ4n) is 4.22. The number of carbonyl (C=O) groups is 2. The number of hydrogen-bond acceptors (Lipinski definition) is 3. The van der Waals surface area contributed by atoms with Gasteiger partial charge in [0.25, 0.3) is 0 Å². The molecule has 0 aliphatic carbocycles. The van der Waals surface area contributed by atoms with Crippen LogP contribution in [0.5, 0.6) is 0 Å². The van der Waals surface area contributed by atoms with Crippen LogP contribution in [0.1, 0.15) is 57.3 Å². The molecule has 1 N–H and O–H groups in total. The first kappa shape index (κ1) is 26.2. The smallest absolute Gasteiger partial charge is 0.243 e. The Morgan fingerprint density at radius 1 is 0.943 bits per heavy atom. The number of aryl methyl sites for hydroxylation is 1. The van der Waals surface area contributed by atoms with Crippen LogP contribution in [0, 0.1) is 0 Å². The van der Waals surface area contributed by atoms with Gasteiger partial charge in [0.15, 0.2) is 0 Å². The van der Waals surface area contributed by atoms with Crippen LogP contribution < -0.4 is 5.32 Å². The van der Waals surface area contributed by atoms with Gasteiger partial charge in [0.1, 0.15) is 12.4 Å². The summed E-state index contributed by atoms with van der Waals surface area (Å²) in [7, 11) is 0. The zero-order valence-electron chi connectivity index (χ0n) is 21.1. The zero-order valence-corrected chi connectivity index (χ0v) is 21.1. The Kier molecular flexibility index (Phi) is 10.6. The first-order chi connectivity index (χ1) is 17.1. The van der Waals surface area contributed by atoms with Crippen LogP contribution in [0.25, 0.3) is 17.1 Å². The summed E-state index contributed by atoms with van der Waals surface area (Å²) >= 11 is 0. The number of rotatable bonds is 14. The molecule has 0 fully saturated rings. The third-order valence-corrected chi connectivity index (χ3v) is 5.97. The predicted molar refractivity (Wildman–Crippen MR) is 143 cm³/mol. The van der Waals surface area contributed by atoms with Crippen molar-refractivity contribution in [1.29, 1.82) is 0 Å². The van der Waals surface area contributed by atoms with Crippen LogP contribution in [-0.4, -0.2) is 45.9 Å². The normalized spacial score (nSPS) is 11.3. The molecule has 0 bridgehead atoms. The quantitative estimate of drug-likeness (QED) is 0.257. The van der Waals surface area contributed by atoms with Crippen LogP contribution in [0.4, 0.5) is 0 Å². The third-order valence-electron chi connectivity index (χ3n) is 5.97. The summed E-state index contributed by atoms with van der Waals surface area (Å²) in [6.45, 7) is 6.78. The number of unbranched alkanes of at least 4 members (excludes halogenated alkanes) is 2. The Morgan fingerprint density at radius 2 is 1.66 bits per heavy atom. The van der Waals surface area contributed by atoms with E-state index in [0.717, 1.165) is 74.0 Å². The Bertz CT molecular complexity index is 1100. The molecule has 0 atom stereocenters. The van der Waals surface area contributed by atoms with E-state index in [4.69, 9.17) is 4.98 Å². The number of nitrogens with zero attached hydrogens (tertiary/aromatic N) is 3. The van der Waals surface area contributed by atoms with Gasteiger partial charge in [-0.25, -0.2) is 4.98 Å². The largest absolute Gasteiger partial charge is 0.353 e. The van der Waals surface area contributed by atoms with E-state index in [-0.39, 0.29) is 11.8 Å².